The molecule has 1 aliphatic carbocycles. The van der Waals surface area contributed by atoms with Gasteiger partial charge in [-0.15, -0.1) is 0 Å². The Morgan fingerprint density at radius 3 is 2.81 bits per heavy atom. The predicted octanol–water partition coefficient (Wildman–Crippen LogP) is 4.17. The molecule has 2 fully saturated rings. The van der Waals surface area contributed by atoms with Crippen LogP contribution >= 0.6 is 0 Å². The lowest BCUT2D eigenvalue weighted by atomic mass is 9.74. The van der Waals surface area contributed by atoms with Crippen molar-refractivity contribution in [3.63, 3.8) is 0 Å². The van der Waals surface area contributed by atoms with Gasteiger partial charge in [-0.05, 0) is 61.1 Å². The molecule has 0 radical (unpaired) electrons. The summed E-state index contributed by atoms with van der Waals surface area (Å²) in [6.45, 7) is 1.35. The molecule has 1 atom stereocenters. The van der Waals surface area contributed by atoms with Gasteiger partial charge in [-0.25, -0.2) is 4.39 Å². The van der Waals surface area contributed by atoms with E-state index in [0.29, 0.717) is 36.2 Å². The van der Waals surface area contributed by atoms with Crippen molar-refractivity contribution >= 4 is 5.91 Å². The van der Waals surface area contributed by atoms with E-state index in [1.165, 1.54) is 25.0 Å². The van der Waals surface area contributed by atoms with Crippen LogP contribution in [0.4, 0.5) is 4.39 Å². The summed E-state index contributed by atoms with van der Waals surface area (Å²) in [5.74, 6) is 1.52. The van der Waals surface area contributed by atoms with Gasteiger partial charge in [-0.2, -0.15) is 4.98 Å². The first-order chi connectivity index (χ1) is 15.1. The normalized spacial score (nSPS) is 21.3. The highest BCUT2D eigenvalue weighted by Gasteiger charge is 2.45. The van der Waals surface area contributed by atoms with Gasteiger partial charge in [-0.1, -0.05) is 24.1 Å². The van der Waals surface area contributed by atoms with Crippen LogP contribution < -0.4 is 0 Å². The molecule has 7 heteroatoms. The van der Waals surface area contributed by atoms with Gasteiger partial charge < -0.3 is 9.42 Å². The van der Waals surface area contributed by atoms with E-state index in [0.717, 1.165) is 31.4 Å². The minimum absolute atomic E-state index is 0.107. The number of halogens is 1. The number of aromatic nitrogens is 3. The molecule has 3 heterocycles. The largest absolute Gasteiger partial charge is 0.341 e. The van der Waals surface area contributed by atoms with E-state index in [9.17, 15) is 9.18 Å². The van der Waals surface area contributed by atoms with Crippen LogP contribution in [0.5, 0.6) is 0 Å². The number of piperidine rings is 1. The van der Waals surface area contributed by atoms with E-state index in [2.05, 4.69) is 10.1 Å². The SMILES string of the molecule is O=C(Cc1cccnc1)N1CCCC(CC2CC2)(c2noc(-c3ccc(F)cc3)n2)C1. The summed E-state index contributed by atoms with van der Waals surface area (Å²) in [6, 6.07) is 9.85. The summed E-state index contributed by atoms with van der Waals surface area (Å²) in [4.78, 5) is 23.8. The molecule has 2 aliphatic rings. The maximum absolute atomic E-state index is 13.3. The Bertz CT molecular complexity index is 1050. The van der Waals surface area contributed by atoms with Gasteiger partial charge in [0.25, 0.3) is 5.89 Å². The number of rotatable bonds is 6. The number of benzene rings is 1. The average Bonchev–Trinajstić information content (AvgIpc) is 3.45. The van der Waals surface area contributed by atoms with Crippen LogP contribution in [-0.2, 0) is 16.6 Å². The number of likely N-dealkylation sites (tertiary alicyclic amines) is 1. The number of amides is 1. The third-order valence-electron chi connectivity index (χ3n) is 6.38. The molecule has 1 unspecified atom stereocenters. The molecule has 31 heavy (non-hydrogen) atoms. The molecule has 1 amide bonds. The fourth-order valence-electron chi connectivity index (χ4n) is 4.60. The summed E-state index contributed by atoms with van der Waals surface area (Å²) in [5, 5.41) is 4.34. The lowest BCUT2D eigenvalue weighted by Gasteiger charge is -2.41. The van der Waals surface area contributed by atoms with Crippen LogP contribution in [0.2, 0.25) is 0 Å². The molecular weight excluding hydrogens is 395 g/mol. The molecular formula is C24H25FN4O2. The Hall–Kier alpha value is -3.09. The number of carbonyl (C=O) groups is 1. The zero-order chi connectivity index (χ0) is 21.3. The highest BCUT2D eigenvalue weighted by atomic mass is 19.1. The van der Waals surface area contributed by atoms with Crippen molar-refractivity contribution in [2.75, 3.05) is 13.1 Å². The van der Waals surface area contributed by atoms with E-state index < -0.39 is 0 Å². The molecule has 0 spiro atoms. The van der Waals surface area contributed by atoms with Crippen molar-refractivity contribution in [2.45, 2.75) is 43.9 Å². The van der Waals surface area contributed by atoms with Crippen molar-refractivity contribution in [2.24, 2.45) is 5.92 Å². The van der Waals surface area contributed by atoms with Crippen molar-refractivity contribution in [3.8, 4) is 11.5 Å². The molecule has 3 aromatic rings. The standard InChI is InChI=1S/C24H25FN4O2/c25-20-8-6-19(7-9-20)22-27-23(28-31-22)24(14-17-4-5-17)10-2-12-29(16-24)21(30)13-18-3-1-11-26-15-18/h1,3,6-9,11,15,17H,2,4-5,10,12-14,16H2. The Morgan fingerprint density at radius 2 is 2.06 bits per heavy atom. The number of hydrogen-bond acceptors (Lipinski definition) is 5. The zero-order valence-corrected chi connectivity index (χ0v) is 17.3. The van der Waals surface area contributed by atoms with Crippen molar-refractivity contribution in [1.82, 2.24) is 20.0 Å². The quantitative estimate of drug-likeness (QED) is 0.598. The van der Waals surface area contributed by atoms with Crippen LogP contribution in [0.15, 0.2) is 53.3 Å². The van der Waals surface area contributed by atoms with Crippen LogP contribution in [0.25, 0.3) is 11.5 Å². The first kappa shape index (κ1) is 19.8. The number of nitrogens with zero attached hydrogens (tertiary/aromatic N) is 4. The second kappa shape index (κ2) is 8.21. The maximum atomic E-state index is 13.3. The van der Waals surface area contributed by atoms with Crippen LogP contribution in [0, 0.1) is 11.7 Å². The number of carbonyl (C=O) groups excluding carboxylic acids is 1. The summed E-state index contributed by atoms with van der Waals surface area (Å²) < 4.78 is 18.8. The molecule has 6 nitrogen and oxygen atoms in total. The summed E-state index contributed by atoms with van der Waals surface area (Å²) in [5.41, 5.74) is 1.32. The minimum atomic E-state index is -0.302. The lowest BCUT2D eigenvalue weighted by Crippen LogP contribution is -2.49. The minimum Gasteiger partial charge on any atom is -0.341 e. The van der Waals surface area contributed by atoms with E-state index in [-0.39, 0.29) is 17.1 Å². The summed E-state index contributed by atoms with van der Waals surface area (Å²) in [6.07, 6.45) is 9.04. The van der Waals surface area contributed by atoms with E-state index >= 15 is 0 Å². The molecule has 0 bridgehead atoms. The van der Waals surface area contributed by atoms with Crippen LogP contribution in [0.1, 0.15) is 43.5 Å². The first-order valence-electron chi connectivity index (χ1n) is 10.9. The maximum Gasteiger partial charge on any atom is 0.257 e. The summed E-state index contributed by atoms with van der Waals surface area (Å²) in [7, 11) is 0. The fraction of sp³-hybridized carbons (Fsp3) is 0.417. The Balaban J connectivity index is 1.39. The zero-order valence-electron chi connectivity index (χ0n) is 17.3. The average molecular weight is 420 g/mol. The second-order valence-electron chi connectivity index (χ2n) is 8.81. The summed E-state index contributed by atoms with van der Waals surface area (Å²) >= 11 is 0. The van der Waals surface area contributed by atoms with Gasteiger partial charge in [0.2, 0.25) is 5.91 Å². The Kier molecular flexibility index (Phi) is 5.26. The van der Waals surface area contributed by atoms with Crippen LogP contribution in [-0.4, -0.2) is 39.0 Å². The lowest BCUT2D eigenvalue weighted by molar-refractivity contribution is -0.133. The van der Waals surface area contributed by atoms with Crippen molar-refractivity contribution in [3.05, 3.63) is 66.0 Å². The van der Waals surface area contributed by atoms with Gasteiger partial charge in [0.1, 0.15) is 5.82 Å². The number of pyridine rings is 1. The highest BCUT2D eigenvalue weighted by Crippen LogP contribution is 2.46. The molecule has 0 N–H and O–H groups in total. The van der Waals surface area contributed by atoms with Gasteiger partial charge in [-0.3, -0.25) is 9.78 Å². The molecule has 2 aromatic heterocycles. The third kappa shape index (κ3) is 4.36. The topological polar surface area (TPSA) is 72.1 Å². The van der Waals surface area contributed by atoms with E-state index in [4.69, 9.17) is 9.51 Å². The first-order valence-corrected chi connectivity index (χ1v) is 10.9. The van der Waals surface area contributed by atoms with Gasteiger partial charge >= 0.3 is 0 Å². The molecule has 5 rings (SSSR count). The highest BCUT2D eigenvalue weighted by molar-refractivity contribution is 5.79. The van der Waals surface area contributed by atoms with Gasteiger partial charge in [0.15, 0.2) is 5.82 Å². The van der Waals surface area contributed by atoms with Crippen molar-refractivity contribution in [1.29, 1.82) is 0 Å². The Labute approximate surface area is 180 Å². The molecule has 1 saturated heterocycles. The van der Waals surface area contributed by atoms with Gasteiger partial charge in [0.05, 0.1) is 11.8 Å². The second-order valence-corrected chi connectivity index (χ2v) is 8.81. The number of hydrogen-bond donors (Lipinski definition) is 0. The molecule has 1 aliphatic heterocycles. The Morgan fingerprint density at radius 1 is 1.23 bits per heavy atom. The monoisotopic (exact) mass is 420 g/mol. The van der Waals surface area contributed by atoms with E-state index in [1.807, 2.05) is 17.0 Å². The molecule has 160 valence electrons. The van der Waals surface area contributed by atoms with Crippen molar-refractivity contribution < 1.29 is 13.7 Å². The fourth-order valence-corrected chi connectivity index (χ4v) is 4.60. The van der Waals surface area contributed by atoms with Crippen LogP contribution in [0.3, 0.4) is 0 Å². The predicted molar refractivity (Wildman–Crippen MR) is 112 cm³/mol. The van der Waals surface area contributed by atoms with E-state index in [1.54, 1.807) is 24.5 Å². The molecule has 1 saturated carbocycles. The van der Waals surface area contributed by atoms with Gasteiger partial charge in [0, 0.05) is 31.0 Å². The molecule has 1 aromatic carbocycles. The smallest absolute Gasteiger partial charge is 0.257 e. The third-order valence-corrected chi connectivity index (χ3v) is 6.38.